The zero-order valence-electron chi connectivity index (χ0n) is 10.1. The van der Waals surface area contributed by atoms with Crippen molar-refractivity contribution in [2.24, 2.45) is 0 Å². The van der Waals surface area contributed by atoms with Gasteiger partial charge in [0.2, 0.25) is 0 Å². The van der Waals surface area contributed by atoms with E-state index < -0.39 is 0 Å². The van der Waals surface area contributed by atoms with Crippen molar-refractivity contribution in [1.82, 2.24) is 4.90 Å². The Morgan fingerprint density at radius 3 is 2.56 bits per heavy atom. The zero-order chi connectivity index (χ0) is 12.4. The number of carbonyl (C=O) groups excluding carboxylic acids is 1. The third-order valence-corrected chi connectivity index (χ3v) is 4.28. The molecule has 2 nitrogen and oxygen atoms in total. The van der Waals surface area contributed by atoms with Crippen LogP contribution in [0.15, 0.2) is 41.8 Å². The molecule has 0 unspecified atom stereocenters. The summed E-state index contributed by atoms with van der Waals surface area (Å²) in [5.74, 6) is 0.186. The van der Waals surface area contributed by atoms with Crippen molar-refractivity contribution in [1.29, 1.82) is 0 Å². The largest absolute Gasteiger partial charge is 0.339 e. The number of rotatable bonds is 2. The second-order valence-corrected chi connectivity index (χ2v) is 5.48. The first-order chi connectivity index (χ1) is 8.84. The van der Waals surface area contributed by atoms with E-state index in [-0.39, 0.29) is 5.91 Å². The van der Waals surface area contributed by atoms with Gasteiger partial charge in [0.15, 0.2) is 0 Å². The van der Waals surface area contributed by atoms with Crippen LogP contribution in [0.1, 0.15) is 23.2 Å². The van der Waals surface area contributed by atoms with Crippen LogP contribution in [-0.4, -0.2) is 23.9 Å². The molecule has 2 aromatic rings. The van der Waals surface area contributed by atoms with Crippen LogP contribution in [0.25, 0.3) is 10.4 Å². The van der Waals surface area contributed by atoms with E-state index in [9.17, 15) is 4.79 Å². The number of benzene rings is 1. The number of amides is 1. The molecule has 1 aromatic carbocycles. The van der Waals surface area contributed by atoms with E-state index in [1.54, 1.807) is 11.3 Å². The third-order valence-electron chi connectivity index (χ3n) is 3.30. The molecule has 3 heteroatoms. The van der Waals surface area contributed by atoms with Crippen LogP contribution in [-0.2, 0) is 0 Å². The Balaban J connectivity index is 1.83. The summed E-state index contributed by atoms with van der Waals surface area (Å²) in [6.45, 7) is 1.82. The summed E-state index contributed by atoms with van der Waals surface area (Å²) in [4.78, 5) is 15.3. The molecule has 0 spiro atoms. The molecule has 18 heavy (non-hydrogen) atoms. The number of nitrogens with zero attached hydrogens (tertiary/aromatic N) is 1. The summed E-state index contributed by atoms with van der Waals surface area (Å²) < 4.78 is 0. The Labute approximate surface area is 111 Å². The molecular formula is C15H15NOS. The lowest BCUT2D eigenvalue weighted by Crippen LogP contribution is -2.27. The van der Waals surface area contributed by atoms with E-state index in [2.05, 4.69) is 12.1 Å². The number of thiophene rings is 1. The molecule has 1 aromatic heterocycles. The van der Waals surface area contributed by atoms with Gasteiger partial charge in [-0.05, 0) is 24.5 Å². The van der Waals surface area contributed by atoms with Gasteiger partial charge in [0.05, 0.1) is 5.56 Å². The Bertz CT molecular complexity index is 541. The van der Waals surface area contributed by atoms with Gasteiger partial charge in [0.1, 0.15) is 0 Å². The van der Waals surface area contributed by atoms with Gasteiger partial charge in [-0.15, -0.1) is 11.3 Å². The van der Waals surface area contributed by atoms with Crippen molar-refractivity contribution >= 4 is 17.2 Å². The maximum Gasteiger partial charge on any atom is 0.254 e. The van der Waals surface area contributed by atoms with Crippen LogP contribution in [0.4, 0.5) is 0 Å². The molecule has 0 bridgehead atoms. The minimum Gasteiger partial charge on any atom is -0.339 e. The maximum absolute atomic E-state index is 12.2. The molecule has 0 radical (unpaired) electrons. The third kappa shape index (κ3) is 2.18. The zero-order valence-corrected chi connectivity index (χ0v) is 11.0. The molecule has 1 fully saturated rings. The van der Waals surface area contributed by atoms with Gasteiger partial charge in [-0.25, -0.2) is 0 Å². The predicted octanol–water partition coefficient (Wildman–Crippen LogP) is 3.65. The number of hydrogen-bond acceptors (Lipinski definition) is 2. The van der Waals surface area contributed by atoms with Gasteiger partial charge in [0, 0.05) is 23.3 Å². The quantitative estimate of drug-likeness (QED) is 0.804. The van der Waals surface area contributed by atoms with E-state index in [0.29, 0.717) is 0 Å². The average Bonchev–Trinajstić information content (AvgIpc) is 3.10. The highest BCUT2D eigenvalue weighted by molar-refractivity contribution is 7.13. The first-order valence-corrected chi connectivity index (χ1v) is 7.16. The van der Waals surface area contributed by atoms with Crippen molar-refractivity contribution in [3.63, 3.8) is 0 Å². The Hall–Kier alpha value is -1.61. The van der Waals surface area contributed by atoms with E-state index in [4.69, 9.17) is 0 Å². The lowest BCUT2D eigenvalue weighted by Gasteiger charge is -2.13. The molecule has 1 aliphatic heterocycles. The van der Waals surface area contributed by atoms with Crippen LogP contribution in [0.2, 0.25) is 0 Å². The first-order valence-electron chi connectivity index (χ1n) is 6.28. The number of hydrogen-bond donors (Lipinski definition) is 0. The summed E-state index contributed by atoms with van der Waals surface area (Å²) >= 11 is 1.64. The van der Waals surface area contributed by atoms with Crippen molar-refractivity contribution in [2.75, 3.05) is 13.1 Å². The van der Waals surface area contributed by atoms with Gasteiger partial charge in [-0.1, -0.05) is 30.3 Å². The molecule has 3 rings (SSSR count). The molecule has 92 valence electrons. The van der Waals surface area contributed by atoms with Gasteiger partial charge < -0.3 is 4.90 Å². The summed E-state index contributed by atoms with van der Waals surface area (Å²) in [6.07, 6.45) is 2.28. The van der Waals surface area contributed by atoms with Crippen LogP contribution in [0.3, 0.4) is 0 Å². The van der Waals surface area contributed by atoms with Gasteiger partial charge in [-0.3, -0.25) is 4.79 Å². The highest BCUT2D eigenvalue weighted by Gasteiger charge is 2.20. The fourth-order valence-corrected chi connectivity index (χ4v) is 3.19. The molecular weight excluding hydrogens is 242 g/mol. The standard InChI is InChI=1S/C15H15NOS/c17-15(16-8-4-5-9-16)13-10-14(18-11-13)12-6-2-1-3-7-12/h1-3,6-7,10-11H,4-5,8-9H2. The molecule has 1 aliphatic rings. The van der Waals surface area contributed by atoms with Crippen molar-refractivity contribution in [2.45, 2.75) is 12.8 Å². The summed E-state index contributed by atoms with van der Waals surface area (Å²) in [5.41, 5.74) is 2.02. The summed E-state index contributed by atoms with van der Waals surface area (Å²) in [7, 11) is 0. The predicted molar refractivity (Wildman–Crippen MR) is 74.9 cm³/mol. The fourth-order valence-electron chi connectivity index (χ4n) is 2.30. The normalized spacial score (nSPS) is 15.0. The Morgan fingerprint density at radius 2 is 1.83 bits per heavy atom. The molecule has 1 saturated heterocycles. The van der Waals surface area contributed by atoms with Crippen LogP contribution >= 0.6 is 11.3 Å². The summed E-state index contributed by atoms with van der Waals surface area (Å²) in [5, 5.41) is 1.98. The Morgan fingerprint density at radius 1 is 1.11 bits per heavy atom. The highest BCUT2D eigenvalue weighted by atomic mass is 32.1. The van der Waals surface area contributed by atoms with E-state index in [1.807, 2.05) is 34.5 Å². The molecule has 0 aliphatic carbocycles. The number of likely N-dealkylation sites (tertiary alicyclic amines) is 1. The second-order valence-electron chi connectivity index (χ2n) is 4.56. The molecule has 0 saturated carbocycles. The van der Waals surface area contributed by atoms with Crippen LogP contribution < -0.4 is 0 Å². The van der Waals surface area contributed by atoms with E-state index in [1.165, 1.54) is 5.56 Å². The fraction of sp³-hybridized carbons (Fsp3) is 0.267. The van der Waals surface area contributed by atoms with E-state index >= 15 is 0 Å². The highest BCUT2D eigenvalue weighted by Crippen LogP contribution is 2.28. The molecule has 0 atom stereocenters. The lowest BCUT2D eigenvalue weighted by molar-refractivity contribution is 0.0793. The monoisotopic (exact) mass is 257 g/mol. The van der Waals surface area contributed by atoms with Crippen molar-refractivity contribution in [3.8, 4) is 10.4 Å². The molecule has 1 amide bonds. The maximum atomic E-state index is 12.2. The summed E-state index contributed by atoms with van der Waals surface area (Å²) in [6, 6.07) is 12.2. The number of carbonyl (C=O) groups is 1. The average molecular weight is 257 g/mol. The van der Waals surface area contributed by atoms with Crippen molar-refractivity contribution < 1.29 is 4.79 Å². The minimum atomic E-state index is 0.186. The molecule has 2 heterocycles. The molecule has 0 N–H and O–H groups in total. The Kier molecular flexibility index (Phi) is 3.15. The van der Waals surface area contributed by atoms with Crippen LogP contribution in [0.5, 0.6) is 0 Å². The van der Waals surface area contributed by atoms with Crippen LogP contribution in [0, 0.1) is 0 Å². The minimum absolute atomic E-state index is 0.186. The topological polar surface area (TPSA) is 20.3 Å². The smallest absolute Gasteiger partial charge is 0.254 e. The SMILES string of the molecule is O=C(c1csc(-c2ccccc2)c1)N1CCCC1. The van der Waals surface area contributed by atoms with Crippen molar-refractivity contribution in [3.05, 3.63) is 47.3 Å². The first kappa shape index (κ1) is 11.5. The van der Waals surface area contributed by atoms with E-state index in [0.717, 1.165) is 36.4 Å². The lowest BCUT2D eigenvalue weighted by atomic mass is 10.1. The van der Waals surface area contributed by atoms with Gasteiger partial charge in [-0.2, -0.15) is 0 Å². The van der Waals surface area contributed by atoms with Gasteiger partial charge in [0.25, 0.3) is 5.91 Å². The second kappa shape index (κ2) is 4.94. The van der Waals surface area contributed by atoms with Gasteiger partial charge >= 0.3 is 0 Å².